The molecule has 5 aromatic rings. The molecule has 0 aliphatic rings. The Morgan fingerprint density at radius 3 is 2.29 bits per heavy atom. The summed E-state index contributed by atoms with van der Waals surface area (Å²) < 4.78 is 28.5. The summed E-state index contributed by atoms with van der Waals surface area (Å²) in [5.41, 5.74) is 0.0893. The summed E-state index contributed by atoms with van der Waals surface area (Å²) in [5, 5.41) is 3.52. The molecule has 0 spiro atoms. The van der Waals surface area contributed by atoms with Gasteiger partial charge < -0.3 is 10.3 Å². The second-order valence-electron chi connectivity index (χ2n) is 7.93. The molecule has 0 saturated carbocycles. The number of thiophene rings is 2. The number of carbonyl (C=O) groups is 1. The van der Waals surface area contributed by atoms with Gasteiger partial charge in [0, 0.05) is 22.7 Å². The molecule has 3 aromatic heterocycles. The van der Waals surface area contributed by atoms with E-state index in [-0.39, 0.29) is 25.2 Å². The van der Waals surface area contributed by atoms with Crippen molar-refractivity contribution in [3.63, 3.8) is 0 Å². The van der Waals surface area contributed by atoms with Gasteiger partial charge >= 0.3 is 5.69 Å². The van der Waals surface area contributed by atoms with Crippen LogP contribution in [0.5, 0.6) is 0 Å². The number of benzene rings is 2. The molecule has 3 N–H and O–H groups in total. The maximum atomic E-state index is 13.1. The average molecular weight is 608 g/mol. The molecule has 0 aliphatic heterocycles. The summed E-state index contributed by atoms with van der Waals surface area (Å²) in [4.78, 5) is 42.2. The van der Waals surface area contributed by atoms with E-state index in [0.29, 0.717) is 22.1 Å². The van der Waals surface area contributed by atoms with Crippen molar-refractivity contribution >= 4 is 78.4 Å². The first-order valence-corrected chi connectivity index (χ1v) is 14.7. The second-order valence-corrected chi connectivity index (χ2v) is 13.4. The van der Waals surface area contributed by atoms with E-state index in [1.807, 2.05) is 16.9 Å². The monoisotopic (exact) mass is 606 g/mol. The van der Waals surface area contributed by atoms with E-state index in [4.69, 9.17) is 23.2 Å². The highest BCUT2D eigenvalue weighted by molar-refractivity contribution is 7.92. The summed E-state index contributed by atoms with van der Waals surface area (Å²) in [6.07, 6.45) is 0. The van der Waals surface area contributed by atoms with Crippen molar-refractivity contribution in [2.45, 2.75) is 10.8 Å². The highest BCUT2D eigenvalue weighted by Crippen LogP contribution is 2.26. The lowest BCUT2D eigenvalue weighted by Crippen LogP contribution is -2.33. The van der Waals surface area contributed by atoms with Gasteiger partial charge in [0.05, 0.1) is 25.3 Å². The van der Waals surface area contributed by atoms with Crippen LogP contribution in [0, 0.1) is 0 Å². The number of amides is 1. The van der Waals surface area contributed by atoms with E-state index in [9.17, 15) is 22.8 Å². The van der Waals surface area contributed by atoms with E-state index in [2.05, 4.69) is 10.3 Å². The van der Waals surface area contributed by atoms with Crippen LogP contribution in [-0.4, -0.2) is 23.9 Å². The van der Waals surface area contributed by atoms with Gasteiger partial charge in [0.15, 0.2) is 0 Å². The predicted molar refractivity (Wildman–Crippen MR) is 151 cm³/mol. The van der Waals surface area contributed by atoms with Crippen molar-refractivity contribution in [1.82, 2.24) is 14.3 Å². The Morgan fingerprint density at radius 2 is 1.63 bits per heavy atom. The first-order chi connectivity index (χ1) is 18.1. The molecule has 1 amide bonds. The minimum absolute atomic E-state index is 0.0213. The van der Waals surface area contributed by atoms with Gasteiger partial charge in [0.25, 0.3) is 21.5 Å². The first-order valence-electron chi connectivity index (χ1n) is 10.8. The molecule has 0 saturated heterocycles. The molecular weight excluding hydrogens is 591 g/mol. The molecule has 0 atom stereocenters. The Kier molecular flexibility index (Phi) is 7.16. The maximum Gasteiger partial charge on any atom is 0.333 e. The highest BCUT2D eigenvalue weighted by Gasteiger charge is 2.21. The van der Waals surface area contributed by atoms with Crippen LogP contribution in [0.4, 0.5) is 5.69 Å². The first kappa shape index (κ1) is 26.2. The Morgan fingerprint density at radius 1 is 0.921 bits per heavy atom. The second kappa shape index (κ2) is 10.4. The number of nitrogens with one attached hydrogen (secondary N) is 3. The minimum Gasteiger partial charge on any atom is -0.380 e. The fourth-order valence-electron chi connectivity index (χ4n) is 3.63. The molecule has 2 aromatic carbocycles. The van der Waals surface area contributed by atoms with E-state index >= 15 is 0 Å². The molecule has 0 radical (unpaired) electrons. The lowest BCUT2D eigenvalue weighted by Gasteiger charge is -2.10. The molecule has 5 rings (SSSR count). The van der Waals surface area contributed by atoms with Crippen molar-refractivity contribution in [3.8, 4) is 5.69 Å². The number of H-pyrrole nitrogens is 1. The van der Waals surface area contributed by atoms with Crippen LogP contribution < -0.4 is 21.3 Å². The van der Waals surface area contributed by atoms with Crippen LogP contribution in [-0.2, 0) is 16.6 Å². The van der Waals surface area contributed by atoms with Crippen molar-refractivity contribution in [3.05, 3.63) is 107 Å². The zero-order valence-corrected chi connectivity index (χ0v) is 23.0. The number of hydrogen-bond donors (Lipinski definition) is 3. The smallest absolute Gasteiger partial charge is 0.333 e. The van der Waals surface area contributed by atoms with Crippen molar-refractivity contribution < 1.29 is 13.2 Å². The normalized spacial score (nSPS) is 11.5. The Hall–Kier alpha value is -3.42. The maximum absolute atomic E-state index is 13.1. The van der Waals surface area contributed by atoms with Gasteiger partial charge in [0.1, 0.15) is 4.21 Å². The van der Waals surface area contributed by atoms with Gasteiger partial charge in [-0.2, -0.15) is 0 Å². The average Bonchev–Trinajstić information content (AvgIpc) is 3.51. The molecule has 0 bridgehead atoms. The lowest BCUT2D eigenvalue weighted by molar-refractivity contribution is 0.0981. The highest BCUT2D eigenvalue weighted by atomic mass is 35.5. The number of carbonyl (C=O) groups excluding carboxylic acids is 1. The molecule has 3 heterocycles. The molecule has 194 valence electrons. The zero-order chi connectivity index (χ0) is 27.0. The van der Waals surface area contributed by atoms with Gasteiger partial charge in [-0.1, -0.05) is 23.2 Å². The summed E-state index contributed by atoms with van der Waals surface area (Å²) in [6, 6.07) is 16.9. The number of anilines is 1. The fraction of sp³-hybridized carbons (Fsp3) is 0.0417. The van der Waals surface area contributed by atoms with Gasteiger partial charge in [0.2, 0.25) is 0 Å². The van der Waals surface area contributed by atoms with Crippen LogP contribution in [0.25, 0.3) is 16.6 Å². The van der Waals surface area contributed by atoms with Gasteiger partial charge in [-0.15, -0.1) is 22.7 Å². The number of rotatable bonds is 7. The number of fused-ring (bicyclic) bond motifs is 1. The van der Waals surface area contributed by atoms with E-state index in [1.165, 1.54) is 47.7 Å². The molecular formula is C24H16Cl2N4O5S3. The molecule has 0 fully saturated rings. The van der Waals surface area contributed by atoms with Gasteiger partial charge in [-0.05, 0) is 66.7 Å². The number of sulfonamides is 1. The molecule has 14 heteroatoms. The van der Waals surface area contributed by atoms with E-state index in [0.717, 1.165) is 20.8 Å². The van der Waals surface area contributed by atoms with Crippen LogP contribution in [0.1, 0.15) is 15.2 Å². The zero-order valence-electron chi connectivity index (χ0n) is 19.0. The molecule has 0 unspecified atom stereocenters. The third kappa shape index (κ3) is 5.40. The molecule has 0 aliphatic carbocycles. The standard InChI is InChI=1S/C24H16Cl2N4O5S3/c25-19-8-6-16(36-19)12-27-14-3-7-17-18(11-14)28-24(33)30(23(17)32)15-4-1-13(2-5-15)22(31)29-38(34,35)21-10-9-20(26)37-21/h1-11,27H,12H2,(H,28,33)(H,29,31). The van der Waals surface area contributed by atoms with Crippen molar-refractivity contribution in [2.24, 2.45) is 0 Å². The number of hydrogen-bond acceptors (Lipinski definition) is 8. The summed E-state index contributed by atoms with van der Waals surface area (Å²) in [6.45, 7) is 0.534. The van der Waals surface area contributed by atoms with Crippen LogP contribution >= 0.6 is 45.9 Å². The molecule has 9 nitrogen and oxygen atoms in total. The number of halogens is 2. The third-order valence-corrected chi connectivity index (χ3v) is 9.71. The lowest BCUT2D eigenvalue weighted by atomic mass is 10.2. The van der Waals surface area contributed by atoms with Crippen LogP contribution in [0.15, 0.2) is 80.5 Å². The van der Waals surface area contributed by atoms with Gasteiger partial charge in [-0.25, -0.2) is 22.5 Å². The van der Waals surface area contributed by atoms with E-state index in [1.54, 1.807) is 18.2 Å². The molecule has 38 heavy (non-hydrogen) atoms. The quantitative estimate of drug-likeness (QED) is 0.243. The summed E-state index contributed by atoms with van der Waals surface area (Å²) in [7, 11) is -4.10. The third-order valence-electron chi connectivity index (χ3n) is 5.42. The van der Waals surface area contributed by atoms with E-state index < -0.39 is 27.2 Å². The summed E-state index contributed by atoms with van der Waals surface area (Å²) >= 11 is 14.0. The van der Waals surface area contributed by atoms with Gasteiger partial charge in [-0.3, -0.25) is 9.59 Å². The van der Waals surface area contributed by atoms with Crippen LogP contribution in [0.2, 0.25) is 8.67 Å². The number of aromatic nitrogens is 2. The predicted octanol–water partition coefficient (Wildman–Crippen LogP) is 4.84. The van der Waals surface area contributed by atoms with Crippen molar-refractivity contribution in [2.75, 3.05) is 5.32 Å². The fourth-order valence-corrected chi connectivity index (χ4v) is 7.12. The van der Waals surface area contributed by atoms with Crippen LogP contribution in [0.3, 0.4) is 0 Å². The SMILES string of the molecule is O=C(NS(=O)(=O)c1ccc(Cl)s1)c1ccc(-n2c(=O)[nH]c3cc(NCc4ccc(Cl)s4)ccc3c2=O)cc1. The number of nitrogens with zero attached hydrogens (tertiary/aromatic N) is 1. The largest absolute Gasteiger partial charge is 0.380 e. The minimum atomic E-state index is -4.10. The Bertz CT molecular complexity index is 1910. The number of aromatic amines is 1. The topological polar surface area (TPSA) is 130 Å². The Balaban J connectivity index is 1.38. The van der Waals surface area contributed by atoms with Crippen molar-refractivity contribution in [1.29, 1.82) is 0 Å². The summed E-state index contributed by atoms with van der Waals surface area (Å²) in [5.74, 6) is -0.870. The Labute approximate surface area is 233 Å².